The van der Waals surface area contributed by atoms with Crippen molar-refractivity contribution in [2.45, 2.75) is 52.2 Å². The van der Waals surface area contributed by atoms with Crippen molar-refractivity contribution in [3.05, 3.63) is 71.2 Å². The minimum absolute atomic E-state index is 0.274. The Hall–Kier alpha value is -4.24. The van der Waals surface area contributed by atoms with Crippen LogP contribution in [0.3, 0.4) is 0 Å². The lowest BCUT2D eigenvalue weighted by molar-refractivity contribution is 0.0526. The molecule has 38 heavy (non-hydrogen) atoms. The van der Waals surface area contributed by atoms with Gasteiger partial charge in [-0.15, -0.1) is 0 Å². The smallest absolute Gasteiger partial charge is 0.338 e. The summed E-state index contributed by atoms with van der Waals surface area (Å²) in [6, 6.07) is 12.4. The zero-order valence-electron chi connectivity index (χ0n) is 21.6. The summed E-state index contributed by atoms with van der Waals surface area (Å²) < 4.78 is 10.5. The van der Waals surface area contributed by atoms with Crippen LogP contribution in [0.1, 0.15) is 58.4 Å². The van der Waals surface area contributed by atoms with E-state index in [1.807, 2.05) is 38.1 Å². The molecule has 0 saturated heterocycles. The van der Waals surface area contributed by atoms with E-state index in [0.29, 0.717) is 40.2 Å². The van der Waals surface area contributed by atoms with Gasteiger partial charge in [0.2, 0.25) is 0 Å². The highest BCUT2D eigenvalue weighted by Crippen LogP contribution is 2.34. The van der Waals surface area contributed by atoms with Crippen LogP contribution in [0.15, 0.2) is 53.2 Å². The molecule has 2 aromatic carbocycles. The number of hydrogen-bond donors (Lipinski definition) is 3. The number of carbonyl (C=O) groups excluding carboxylic acids is 2. The van der Waals surface area contributed by atoms with Crippen molar-refractivity contribution in [2.75, 3.05) is 11.9 Å². The molecule has 2 unspecified atom stereocenters. The van der Waals surface area contributed by atoms with Crippen molar-refractivity contribution < 1.29 is 24.0 Å². The molecular formula is C29H30N4O5. The van der Waals surface area contributed by atoms with Gasteiger partial charge in [-0.25, -0.2) is 4.79 Å². The van der Waals surface area contributed by atoms with Gasteiger partial charge in [0, 0.05) is 22.8 Å². The van der Waals surface area contributed by atoms with Crippen molar-refractivity contribution in [1.29, 1.82) is 0 Å². The molecule has 1 aliphatic carbocycles. The fourth-order valence-electron chi connectivity index (χ4n) is 4.99. The second kappa shape index (κ2) is 10.6. The molecule has 1 fully saturated rings. The molecule has 0 bridgehead atoms. The first-order valence-electron chi connectivity index (χ1n) is 12.7. The Kier molecular flexibility index (Phi) is 7.11. The molecular weight excluding hydrogens is 484 g/mol. The van der Waals surface area contributed by atoms with Crippen molar-refractivity contribution in [3.8, 4) is 11.1 Å². The number of carbonyl (C=O) groups is 2. The molecule has 0 spiro atoms. The molecule has 5 rings (SSSR count). The number of aliphatic hydroxyl groups is 1. The van der Waals surface area contributed by atoms with Crippen LogP contribution in [0.4, 0.5) is 11.4 Å². The molecule has 0 radical (unpaired) electrons. The molecule has 2 aromatic heterocycles. The number of aromatic nitrogens is 2. The number of aliphatic hydroxyl groups excluding tert-OH is 1. The molecule has 9 heteroatoms. The first-order chi connectivity index (χ1) is 18.4. The molecule has 0 aliphatic heterocycles. The number of hydrogen-bond acceptors (Lipinski definition) is 8. The number of rotatable bonds is 7. The van der Waals surface area contributed by atoms with Gasteiger partial charge < -0.3 is 25.0 Å². The first kappa shape index (κ1) is 25.4. The molecule has 1 aliphatic rings. The monoisotopic (exact) mass is 514 g/mol. The van der Waals surface area contributed by atoms with Gasteiger partial charge in [-0.1, -0.05) is 23.4 Å². The summed E-state index contributed by atoms with van der Waals surface area (Å²) in [6.07, 6.45) is 3.21. The third kappa shape index (κ3) is 4.97. The largest absolute Gasteiger partial charge is 0.462 e. The van der Waals surface area contributed by atoms with E-state index in [2.05, 4.69) is 20.8 Å². The van der Waals surface area contributed by atoms with E-state index >= 15 is 0 Å². The predicted molar refractivity (Wildman–Crippen MR) is 144 cm³/mol. The van der Waals surface area contributed by atoms with Crippen LogP contribution in [0, 0.1) is 13.8 Å². The lowest BCUT2D eigenvalue weighted by atomic mass is 10.00. The third-order valence-corrected chi connectivity index (χ3v) is 6.87. The Balaban J connectivity index is 1.58. The van der Waals surface area contributed by atoms with Gasteiger partial charge in [0.15, 0.2) is 0 Å². The molecule has 3 N–H and O–H groups in total. The van der Waals surface area contributed by atoms with Gasteiger partial charge in [0.1, 0.15) is 5.76 Å². The second-order valence-electron chi connectivity index (χ2n) is 9.48. The Labute approximate surface area is 220 Å². The highest BCUT2D eigenvalue weighted by Gasteiger charge is 2.28. The second-order valence-corrected chi connectivity index (χ2v) is 9.48. The molecule has 1 saturated carbocycles. The van der Waals surface area contributed by atoms with E-state index in [1.165, 1.54) is 6.20 Å². The fourth-order valence-corrected chi connectivity index (χ4v) is 4.99. The lowest BCUT2D eigenvalue weighted by Crippen LogP contribution is -2.40. The average Bonchev–Trinajstić information content (AvgIpc) is 3.47. The minimum atomic E-state index is -0.567. The summed E-state index contributed by atoms with van der Waals surface area (Å²) >= 11 is 0. The van der Waals surface area contributed by atoms with E-state index in [-0.39, 0.29) is 18.6 Å². The van der Waals surface area contributed by atoms with Crippen LogP contribution in [0.5, 0.6) is 0 Å². The number of esters is 1. The van der Waals surface area contributed by atoms with Gasteiger partial charge in [-0.2, -0.15) is 0 Å². The standard InChI is InChI=1S/C29H30N4O5/c1-4-37-29(36)19-7-5-8-20(13-19)31-27-21-12-11-18(26-16(2)33-38-17(26)3)14-24(21)30-15-22(27)28(35)32-23-9-6-10-25(23)34/h5,7-8,11-15,23,25,34H,4,6,9-10H2,1-3H3,(H,30,31)(H,32,35). The molecule has 1 amide bonds. The van der Waals surface area contributed by atoms with Crippen molar-refractivity contribution in [3.63, 3.8) is 0 Å². The zero-order chi connectivity index (χ0) is 26.8. The van der Waals surface area contributed by atoms with Gasteiger partial charge in [-0.3, -0.25) is 9.78 Å². The Morgan fingerprint density at radius 3 is 2.71 bits per heavy atom. The molecule has 2 atom stereocenters. The first-order valence-corrected chi connectivity index (χ1v) is 12.7. The maximum atomic E-state index is 13.4. The quantitative estimate of drug-likeness (QED) is 0.292. The Morgan fingerprint density at radius 2 is 2.00 bits per heavy atom. The highest BCUT2D eigenvalue weighted by atomic mass is 16.5. The summed E-state index contributed by atoms with van der Waals surface area (Å²) in [5.41, 5.74) is 5.16. The van der Waals surface area contributed by atoms with E-state index in [9.17, 15) is 14.7 Å². The SMILES string of the molecule is CCOC(=O)c1cccc(Nc2c(C(=O)NC3CCCC3O)cnc3cc(-c4c(C)noc4C)ccc23)c1. The summed E-state index contributed by atoms with van der Waals surface area (Å²) in [5.74, 6) is -0.0423. The van der Waals surface area contributed by atoms with Crippen LogP contribution < -0.4 is 10.6 Å². The van der Waals surface area contributed by atoms with Crippen LogP contribution in [0.25, 0.3) is 22.0 Å². The third-order valence-electron chi connectivity index (χ3n) is 6.87. The maximum absolute atomic E-state index is 13.4. The van der Waals surface area contributed by atoms with E-state index in [4.69, 9.17) is 9.26 Å². The van der Waals surface area contributed by atoms with Crippen LogP contribution in [-0.4, -0.2) is 45.9 Å². The van der Waals surface area contributed by atoms with Crippen molar-refractivity contribution in [1.82, 2.24) is 15.5 Å². The van der Waals surface area contributed by atoms with E-state index < -0.39 is 12.1 Å². The average molecular weight is 515 g/mol. The Bertz CT molecular complexity index is 1490. The lowest BCUT2D eigenvalue weighted by Gasteiger charge is -2.19. The number of fused-ring (bicyclic) bond motifs is 1. The molecule has 196 valence electrons. The molecule has 2 heterocycles. The van der Waals surface area contributed by atoms with Gasteiger partial charge >= 0.3 is 5.97 Å². The number of aryl methyl sites for hydroxylation is 2. The topological polar surface area (TPSA) is 127 Å². The minimum Gasteiger partial charge on any atom is -0.462 e. The number of nitrogens with zero attached hydrogens (tertiary/aromatic N) is 2. The summed E-state index contributed by atoms with van der Waals surface area (Å²) in [6.45, 7) is 5.78. The van der Waals surface area contributed by atoms with E-state index in [0.717, 1.165) is 35.0 Å². The maximum Gasteiger partial charge on any atom is 0.338 e. The van der Waals surface area contributed by atoms with Crippen LogP contribution in [0.2, 0.25) is 0 Å². The van der Waals surface area contributed by atoms with Crippen LogP contribution >= 0.6 is 0 Å². The Morgan fingerprint density at radius 1 is 1.16 bits per heavy atom. The number of pyridine rings is 1. The van der Waals surface area contributed by atoms with Crippen LogP contribution in [-0.2, 0) is 4.74 Å². The zero-order valence-corrected chi connectivity index (χ0v) is 21.6. The normalized spacial score (nSPS) is 16.9. The molecule has 9 nitrogen and oxygen atoms in total. The number of benzene rings is 2. The van der Waals surface area contributed by atoms with Gasteiger partial charge in [0.05, 0.1) is 46.8 Å². The van der Waals surface area contributed by atoms with Crippen molar-refractivity contribution >= 4 is 34.2 Å². The van der Waals surface area contributed by atoms with Gasteiger partial charge in [0.25, 0.3) is 5.91 Å². The highest BCUT2D eigenvalue weighted by molar-refractivity contribution is 6.09. The molecule has 4 aromatic rings. The fraction of sp³-hybridized carbons (Fsp3) is 0.310. The van der Waals surface area contributed by atoms with Crippen molar-refractivity contribution in [2.24, 2.45) is 0 Å². The summed E-state index contributed by atoms with van der Waals surface area (Å²) in [7, 11) is 0. The number of nitrogens with one attached hydrogen (secondary N) is 2. The van der Waals surface area contributed by atoms with E-state index in [1.54, 1.807) is 25.1 Å². The number of ether oxygens (including phenoxy) is 1. The number of amides is 1. The number of anilines is 2. The van der Waals surface area contributed by atoms with Gasteiger partial charge in [-0.05, 0) is 69.9 Å². The predicted octanol–water partition coefficient (Wildman–Crippen LogP) is 5.07. The summed E-state index contributed by atoms with van der Waals surface area (Å²) in [5, 5.41) is 21.3. The summed E-state index contributed by atoms with van der Waals surface area (Å²) in [4.78, 5) is 30.3.